The first-order valence-electron chi connectivity index (χ1n) is 7.65. The van der Waals surface area contributed by atoms with Crippen LogP contribution in [-0.4, -0.2) is 13.2 Å². The van der Waals surface area contributed by atoms with Crippen molar-refractivity contribution >= 4 is 21.4 Å². The fraction of sp³-hybridized carbons (Fsp3) is 0.263. The summed E-state index contributed by atoms with van der Waals surface area (Å²) in [5, 5.41) is 1.33. The van der Waals surface area contributed by atoms with Crippen molar-refractivity contribution in [1.29, 1.82) is 0 Å². The summed E-state index contributed by atoms with van der Waals surface area (Å²) >= 11 is 1.90. The van der Waals surface area contributed by atoms with Crippen molar-refractivity contribution in [3.05, 3.63) is 64.5 Å². The predicted molar refractivity (Wildman–Crippen MR) is 93.0 cm³/mol. The SMILES string of the molecule is COc1ccc2sc(Cc3ccccc3)c(C3CC3N)c2c1. The van der Waals surface area contributed by atoms with E-state index in [9.17, 15) is 0 Å². The van der Waals surface area contributed by atoms with E-state index in [1.54, 1.807) is 7.11 Å². The van der Waals surface area contributed by atoms with Crippen molar-refractivity contribution in [2.45, 2.75) is 24.8 Å². The molecule has 2 aromatic carbocycles. The molecule has 2 N–H and O–H groups in total. The number of benzene rings is 2. The first kappa shape index (κ1) is 13.8. The zero-order valence-electron chi connectivity index (χ0n) is 12.6. The van der Waals surface area contributed by atoms with Crippen molar-refractivity contribution < 1.29 is 4.74 Å². The van der Waals surface area contributed by atoms with Gasteiger partial charge in [-0.25, -0.2) is 0 Å². The molecule has 0 aliphatic heterocycles. The molecule has 1 heterocycles. The minimum Gasteiger partial charge on any atom is -0.497 e. The lowest BCUT2D eigenvalue weighted by molar-refractivity contribution is 0.415. The average molecular weight is 309 g/mol. The molecule has 1 fully saturated rings. The van der Waals surface area contributed by atoms with Gasteiger partial charge < -0.3 is 10.5 Å². The van der Waals surface area contributed by atoms with Crippen LogP contribution in [0.3, 0.4) is 0 Å². The average Bonchev–Trinajstić information content (AvgIpc) is 3.15. The summed E-state index contributed by atoms with van der Waals surface area (Å²) < 4.78 is 6.74. The molecule has 0 bridgehead atoms. The third-order valence-electron chi connectivity index (χ3n) is 4.43. The monoisotopic (exact) mass is 309 g/mol. The van der Waals surface area contributed by atoms with Crippen LogP contribution in [0.1, 0.15) is 28.3 Å². The zero-order chi connectivity index (χ0) is 15.1. The Kier molecular flexibility index (Phi) is 3.40. The van der Waals surface area contributed by atoms with Gasteiger partial charge in [0.1, 0.15) is 5.75 Å². The van der Waals surface area contributed by atoms with E-state index in [0.29, 0.717) is 12.0 Å². The highest BCUT2D eigenvalue weighted by atomic mass is 32.1. The maximum atomic E-state index is 6.15. The highest BCUT2D eigenvalue weighted by molar-refractivity contribution is 7.19. The van der Waals surface area contributed by atoms with Crippen molar-refractivity contribution in [3.63, 3.8) is 0 Å². The van der Waals surface area contributed by atoms with Gasteiger partial charge >= 0.3 is 0 Å². The van der Waals surface area contributed by atoms with Gasteiger partial charge in [-0.2, -0.15) is 0 Å². The zero-order valence-corrected chi connectivity index (χ0v) is 13.4. The molecule has 0 saturated heterocycles. The number of fused-ring (bicyclic) bond motifs is 1. The van der Waals surface area contributed by atoms with E-state index in [1.807, 2.05) is 17.4 Å². The Labute approximate surface area is 134 Å². The molecule has 0 spiro atoms. The summed E-state index contributed by atoms with van der Waals surface area (Å²) in [5.74, 6) is 1.44. The van der Waals surface area contributed by atoms with E-state index in [-0.39, 0.29) is 0 Å². The minimum absolute atomic E-state index is 0.318. The lowest BCUT2D eigenvalue weighted by Gasteiger charge is -2.05. The lowest BCUT2D eigenvalue weighted by atomic mass is 10.0. The van der Waals surface area contributed by atoms with Crippen molar-refractivity contribution in [2.24, 2.45) is 5.73 Å². The Morgan fingerprint density at radius 2 is 1.95 bits per heavy atom. The molecule has 1 saturated carbocycles. The van der Waals surface area contributed by atoms with E-state index in [0.717, 1.165) is 18.6 Å². The summed E-state index contributed by atoms with van der Waals surface area (Å²) in [6.45, 7) is 0. The Balaban J connectivity index is 1.83. The Morgan fingerprint density at radius 3 is 2.64 bits per heavy atom. The molecule has 2 nitrogen and oxygen atoms in total. The van der Waals surface area contributed by atoms with Gasteiger partial charge in [0, 0.05) is 28.0 Å². The molecule has 3 heteroatoms. The number of hydrogen-bond acceptors (Lipinski definition) is 3. The van der Waals surface area contributed by atoms with E-state index in [1.165, 1.54) is 26.1 Å². The van der Waals surface area contributed by atoms with E-state index in [4.69, 9.17) is 10.5 Å². The summed E-state index contributed by atoms with van der Waals surface area (Å²) in [7, 11) is 1.72. The van der Waals surface area contributed by atoms with Crippen LogP contribution in [0.5, 0.6) is 5.75 Å². The second-order valence-corrected chi connectivity index (χ2v) is 7.11. The van der Waals surface area contributed by atoms with Crippen molar-refractivity contribution in [3.8, 4) is 5.75 Å². The second kappa shape index (κ2) is 5.41. The number of ether oxygens (including phenoxy) is 1. The van der Waals surface area contributed by atoms with Crippen LogP contribution in [0.2, 0.25) is 0 Å². The molecule has 1 aromatic heterocycles. The molecular weight excluding hydrogens is 290 g/mol. The van der Waals surface area contributed by atoms with Gasteiger partial charge in [-0.3, -0.25) is 0 Å². The van der Waals surface area contributed by atoms with Crippen LogP contribution in [0.4, 0.5) is 0 Å². The van der Waals surface area contributed by atoms with Crippen LogP contribution in [0.25, 0.3) is 10.1 Å². The fourth-order valence-corrected chi connectivity index (χ4v) is 4.43. The molecule has 0 radical (unpaired) electrons. The van der Waals surface area contributed by atoms with E-state index >= 15 is 0 Å². The first-order chi connectivity index (χ1) is 10.8. The summed E-state index contributed by atoms with van der Waals surface area (Å²) in [4.78, 5) is 1.45. The molecule has 2 atom stereocenters. The first-order valence-corrected chi connectivity index (χ1v) is 8.46. The summed E-state index contributed by atoms with van der Waals surface area (Å²) in [6.07, 6.45) is 2.09. The number of hydrogen-bond donors (Lipinski definition) is 1. The van der Waals surface area contributed by atoms with Gasteiger partial charge in [0.05, 0.1) is 7.11 Å². The van der Waals surface area contributed by atoms with Crippen LogP contribution in [0.15, 0.2) is 48.5 Å². The molecule has 1 aliphatic carbocycles. The van der Waals surface area contributed by atoms with Crippen LogP contribution in [0, 0.1) is 0 Å². The summed E-state index contributed by atoms with van der Waals surface area (Å²) in [6, 6.07) is 17.4. The normalized spacial score (nSPS) is 20.3. The minimum atomic E-state index is 0.318. The van der Waals surface area contributed by atoms with Gasteiger partial charge in [-0.15, -0.1) is 11.3 Å². The maximum Gasteiger partial charge on any atom is 0.119 e. The number of thiophene rings is 1. The Hall–Kier alpha value is -1.84. The molecule has 2 unspecified atom stereocenters. The highest BCUT2D eigenvalue weighted by Gasteiger charge is 2.38. The van der Waals surface area contributed by atoms with Gasteiger partial charge in [0.25, 0.3) is 0 Å². The van der Waals surface area contributed by atoms with Gasteiger partial charge in [-0.1, -0.05) is 30.3 Å². The third kappa shape index (κ3) is 2.40. The van der Waals surface area contributed by atoms with Gasteiger partial charge in [-0.05, 0) is 41.1 Å². The van der Waals surface area contributed by atoms with E-state index in [2.05, 4.69) is 42.5 Å². The Bertz CT molecular complexity index is 809. The number of methoxy groups -OCH3 is 1. The molecule has 112 valence electrons. The van der Waals surface area contributed by atoms with Crippen LogP contribution in [-0.2, 0) is 6.42 Å². The molecular formula is C19H19NOS. The number of rotatable bonds is 4. The van der Waals surface area contributed by atoms with Gasteiger partial charge in [0.2, 0.25) is 0 Å². The van der Waals surface area contributed by atoms with Crippen LogP contribution < -0.4 is 10.5 Å². The largest absolute Gasteiger partial charge is 0.497 e. The lowest BCUT2D eigenvalue weighted by Crippen LogP contribution is -2.02. The van der Waals surface area contributed by atoms with Gasteiger partial charge in [0.15, 0.2) is 0 Å². The highest BCUT2D eigenvalue weighted by Crippen LogP contribution is 2.48. The standard InChI is InChI=1S/C19H19NOS/c1-21-13-7-8-17-15(10-13)19(14-11-16(14)20)18(22-17)9-12-5-3-2-4-6-12/h2-8,10,14,16H,9,11,20H2,1H3. The third-order valence-corrected chi connectivity index (χ3v) is 5.62. The summed E-state index contributed by atoms with van der Waals surface area (Å²) in [5.41, 5.74) is 8.97. The maximum absolute atomic E-state index is 6.15. The van der Waals surface area contributed by atoms with E-state index < -0.39 is 0 Å². The fourth-order valence-electron chi connectivity index (χ4n) is 3.14. The second-order valence-electron chi connectivity index (χ2n) is 5.97. The Morgan fingerprint density at radius 1 is 1.18 bits per heavy atom. The van der Waals surface area contributed by atoms with Crippen molar-refractivity contribution in [2.75, 3.05) is 7.11 Å². The smallest absolute Gasteiger partial charge is 0.119 e. The predicted octanol–water partition coefficient (Wildman–Crippen LogP) is 4.32. The molecule has 3 aromatic rings. The quantitative estimate of drug-likeness (QED) is 0.779. The topological polar surface area (TPSA) is 35.2 Å². The molecule has 0 amide bonds. The molecule has 4 rings (SSSR count). The van der Waals surface area contributed by atoms with Crippen LogP contribution >= 0.6 is 11.3 Å². The molecule has 1 aliphatic rings. The van der Waals surface area contributed by atoms with Crippen molar-refractivity contribution in [1.82, 2.24) is 0 Å². The number of nitrogens with two attached hydrogens (primary N) is 1. The molecule has 22 heavy (non-hydrogen) atoms.